The van der Waals surface area contributed by atoms with Crippen LogP contribution >= 0.6 is 23.2 Å². The highest BCUT2D eigenvalue weighted by atomic mass is 35.5. The van der Waals surface area contributed by atoms with Crippen LogP contribution < -0.4 is 5.32 Å². The van der Waals surface area contributed by atoms with Crippen LogP contribution in [-0.2, 0) is 16.0 Å². The summed E-state index contributed by atoms with van der Waals surface area (Å²) in [5.41, 5.74) is 3.30. The van der Waals surface area contributed by atoms with Gasteiger partial charge in [-0.1, -0.05) is 30.1 Å². The van der Waals surface area contributed by atoms with E-state index < -0.39 is 6.04 Å². The fourth-order valence-electron chi connectivity index (χ4n) is 3.47. The molecule has 1 fully saturated rings. The third kappa shape index (κ3) is 3.82. The van der Waals surface area contributed by atoms with Gasteiger partial charge in [0.2, 0.25) is 11.8 Å². The Morgan fingerprint density at radius 2 is 2.04 bits per heavy atom. The summed E-state index contributed by atoms with van der Waals surface area (Å²) in [5, 5.41) is 8.31. The molecule has 0 saturated carbocycles. The summed E-state index contributed by atoms with van der Waals surface area (Å²) in [4.78, 5) is 26.6. The van der Waals surface area contributed by atoms with Gasteiger partial charge in [0.1, 0.15) is 6.04 Å². The highest BCUT2D eigenvalue weighted by molar-refractivity contribution is 6.42. The van der Waals surface area contributed by atoms with Crippen molar-refractivity contribution in [2.45, 2.75) is 39.7 Å². The standard InChI is InChI=1S/C19H22Cl2N4O2/c1-4-17-19(27)22-7-8-24(17)18(26)10-14-11(2)23-25(12(14)3)13-5-6-15(20)16(21)9-13/h5-6,9,17H,4,7-8,10H2,1-3H3,(H,22,27). The van der Waals surface area contributed by atoms with Crippen LogP contribution in [-0.4, -0.2) is 45.6 Å². The summed E-state index contributed by atoms with van der Waals surface area (Å²) in [6.45, 7) is 6.73. The molecule has 144 valence electrons. The Bertz CT molecular complexity index is 894. The number of carbonyl (C=O) groups excluding carboxylic acids is 2. The third-order valence-electron chi connectivity index (χ3n) is 4.95. The van der Waals surface area contributed by atoms with E-state index in [0.717, 1.165) is 22.6 Å². The summed E-state index contributed by atoms with van der Waals surface area (Å²) in [6.07, 6.45) is 0.806. The molecule has 0 aliphatic carbocycles. The van der Waals surface area contributed by atoms with E-state index in [1.807, 2.05) is 26.8 Å². The molecule has 8 heteroatoms. The van der Waals surface area contributed by atoms with Crippen molar-refractivity contribution in [3.05, 3.63) is 45.2 Å². The van der Waals surface area contributed by atoms with Crippen LogP contribution in [0.1, 0.15) is 30.3 Å². The number of amides is 2. The van der Waals surface area contributed by atoms with Crippen molar-refractivity contribution in [3.63, 3.8) is 0 Å². The number of benzene rings is 1. The van der Waals surface area contributed by atoms with E-state index in [-0.39, 0.29) is 18.2 Å². The molecule has 0 spiro atoms. The van der Waals surface area contributed by atoms with Crippen molar-refractivity contribution in [1.82, 2.24) is 20.0 Å². The predicted octanol–water partition coefficient (Wildman–Crippen LogP) is 3.08. The molecule has 6 nitrogen and oxygen atoms in total. The molecule has 2 aromatic rings. The van der Waals surface area contributed by atoms with Crippen LogP contribution in [0.2, 0.25) is 10.0 Å². The van der Waals surface area contributed by atoms with Crippen LogP contribution in [0.4, 0.5) is 0 Å². The maximum atomic E-state index is 12.9. The second-order valence-electron chi connectivity index (χ2n) is 6.64. The number of aromatic nitrogens is 2. The number of carbonyl (C=O) groups is 2. The van der Waals surface area contributed by atoms with Crippen molar-refractivity contribution in [3.8, 4) is 5.69 Å². The molecule has 1 saturated heterocycles. The molecular formula is C19H22Cl2N4O2. The first-order chi connectivity index (χ1) is 12.8. The number of nitrogens with one attached hydrogen (secondary N) is 1. The van der Waals surface area contributed by atoms with Crippen LogP contribution in [0, 0.1) is 13.8 Å². The SMILES string of the molecule is CCC1C(=O)NCCN1C(=O)Cc1c(C)nn(-c2ccc(Cl)c(Cl)c2)c1C. The number of piperazine rings is 1. The fraction of sp³-hybridized carbons (Fsp3) is 0.421. The van der Waals surface area contributed by atoms with Gasteiger partial charge < -0.3 is 10.2 Å². The summed E-state index contributed by atoms with van der Waals surface area (Å²) in [7, 11) is 0. The molecule has 0 bridgehead atoms. The molecule has 2 heterocycles. The zero-order valence-electron chi connectivity index (χ0n) is 15.6. The monoisotopic (exact) mass is 408 g/mol. The van der Waals surface area contributed by atoms with Gasteiger partial charge in [0.15, 0.2) is 0 Å². The van der Waals surface area contributed by atoms with E-state index in [0.29, 0.717) is 29.6 Å². The minimum atomic E-state index is -0.406. The molecule has 1 aliphatic heterocycles. The smallest absolute Gasteiger partial charge is 0.242 e. The molecule has 2 amide bonds. The van der Waals surface area contributed by atoms with Gasteiger partial charge in [-0.15, -0.1) is 0 Å². The maximum absolute atomic E-state index is 12.9. The average molecular weight is 409 g/mol. The van der Waals surface area contributed by atoms with E-state index in [1.165, 1.54) is 0 Å². The fourth-order valence-corrected chi connectivity index (χ4v) is 3.76. The quantitative estimate of drug-likeness (QED) is 0.844. The molecule has 1 unspecified atom stereocenters. The number of halogens is 2. The first kappa shape index (κ1) is 19.7. The van der Waals surface area contributed by atoms with Crippen LogP contribution in [0.3, 0.4) is 0 Å². The van der Waals surface area contributed by atoms with Crippen molar-refractivity contribution < 1.29 is 9.59 Å². The number of aryl methyl sites for hydroxylation is 1. The van der Waals surface area contributed by atoms with E-state index in [1.54, 1.807) is 21.7 Å². The summed E-state index contributed by atoms with van der Waals surface area (Å²) in [6, 6.07) is 4.90. The summed E-state index contributed by atoms with van der Waals surface area (Å²) < 4.78 is 1.76. The van der Waals surface area contributed by atoms with Gasteiger partial charge in [-0.05, 0) is 38.5 Å². The number of rotatable bonds is 4. The topological polar surface area (TPSA) is 67.2 Å². The van der Waals surface area contributed by atoms with Crippen LogP contribution in [0.25, 0.3) is 5.69 Å². The zero-order valence-corrected chi connectivity index (χ0v) is 17.1. The first-order valence-corrected chi connectivity index (χ1v) is 9.66. The number of hydrogen-bond acceptors (Lipinski definition) is 3. The Kier molecular flexibility index (Phi) is 5.77. The van der Waals surface area contributed by atoms with Crippen molar-refractivity contribution in [1.29, 1.82) is 0 Å². The second kappa shape index (κ2) is 7.90. The van der Waals surface area contributed by atoms with Crippen LogP contribution in [0.5, 0.6) is 0 Å². The molecule has 27 heavy (non-hydrogen) atoms. The zero-order chi connectivity index (χ0) is 19.7. The Hall–Kier alpha value is -2.05. The van der Waals surface area contributed by atoms with E-state index in [4.69, 9.17) is 23.2 Å². The first-order valence-electron chi connectivity index (χ1n) is 8.91. The van der Waals surface area contributed by atoms with E-state index in [9.17, 15) is 9.59 Å². The lowest BCUT2D eigenvalue weighted by Crippen LogP contribution is -2.57. The Morgan fingerprint density at radius 3 is 2.70 bits per heavy atom. The van der Waals surface area contributed by atoms with Crippen molar-refractivity contribution in [2.75, 3.05) is 13.1 Å². The van der Waals surface area contributed by atoms with E-state index in [2.05, 4.69) is 10.4 Å². The normalized spacial score (nSPS) is 17.1. The minimum absolute atomic E-state index is 0.0587. The molecule has 1 aromatic carbocycles. The lowest BCUT2D eigenvalue weighted by molar-refractivity contribution is -0.142. The highest BCUT2D eigenvalue weighted by Gasteiger charge is 2.32. The van der Waals surface area contributed by atoms with Gasteiger partial charge in [0.25, 0.3) is 0 Å². The summed E-state index contributed by atoms with van der Waals surface area (Å²) in [5.74, 6) is -0.145. The largest absolute Gasteiger partial charge is 0.353 e. The minimum Gasteiger partial charge on any atom is -0.353 e. The number of hydrogen-bond donors (Lipinski definition) is 1. The second-order valence-corrected chi connectivity index (χ2v) is 7.45. The molecule has 3 rings (SSSR count). The predicted molar refractivity (Wildman–Crippen MR) is 106 cm³/mol. The maximum Gasteiger partial charge on any atom is 0.242 e. The van der Waals surface area contributed by atoms with Crippen LogP contribution in [0.15, 0.2) is 18.2 Å². The van der Waals surface area contributed by atoms with Gasteiger partial charge in [-0.2, -0.15) is 5.10 Å². The van der Waals surface area contributed by atoms with Gasteiger partial charge in [0, 0.05) is 24.3 Å². The molecule has 0 radical (unpaired) electrons. The lowest BCUT2D eigenvalue weighted by Gasteiger charge is -2.34. The summed E-state index contributed by atoms with van der Waals surface area (Å²) >= 11 is 12.1. The number of nitrogens with zero attached hydrogens (tertiary/aromatic N) is 3. The van der Waals surface area contributed by atoms with Gasteiger partial charge in [-0.3, -0.25) is 9.59 Å². The molecule has 1 aromatic heterocycles. The molecule has 1 N–H and O–H groups in total. The van der Waals surface area contributed by atoms with E-state index >= 15 is 0 Å². The van der Waals surface area contributed by atoms with Gasteiger partial charge in [0.05, 0.1) is 27.8 Å². The Balaban J connectivity index is 1.87. The molecule has 1 atom stereocenters. The molecular weight excluding hydrogens is 387 g/mol. The van der Waals surface area contributed by atoms with Crippen molar-refractivity contribution in [2.24, 2.45) is 0 Å². The average Bonchev–Trinajstić information content (AvgIpc) is 2.92. The molecule has 1 aliphatic rings. The third-order valence-corrected chi connectivity index (χ3v) is 5.69. The Morgan fingerprint density at radius 1 is 1.30 bits per heavy atom. The van der Waals surface area contributed by atoms with Gasteiger partial charge >= 0.3 is 0 Å². The van der Waals surface area contributed by atoms with Gasteiger partial charge in [-0.25, -0.2) is 4.68 Å². The highest BCUT2D eigenvalue weighted by Crippen LogP contribution is 2.26. The van der Waals surface area contributed by atoms with Crippen molar-refractivity contribution >= 4 is 35.0 Å². The lowest BCUT2D eigenvalue weighted by atomic mass is 10.1. The Labute approximate surface area is 168 Å².